The number of hydrogen-bond donors (Lipinski definition) is 0. The highest BCUT2D eigenvalue weighted by molar-refractivity contribution is 5.43. The minimum atomic E-state index is 0.444. The van der Waals surface area contributed by atoms with Gasteiger partial charge in [-0.15, -0.1) is 0 Å². The van der Waals surface area contributed by atoms with E-state index in [4.69, 9.17) is 4.74 Å². The molecule has 1 aliphatic heterocycles. The molecule has 0 spiro atoms. The lowest BCUT2D eigenvalue weighted by molar-refractivity contribution is 0.193. The molecule has 72 valence electrons. The van der Waals surface area contributed by atoms with Crippen molar-refractivity contribution < 1.29 is 4.74 Å². The summed E-state index contributed by atoms with van der Waals surface area (Å²) in [5.74, 6) is 1.54. The predicted octanol–water partition coefficient (Wildman–Crippen LogP) is 1.23. The van der Waals surface area contributed by atoms with Crippen molar-refractivity contribution >= 4 is 5.52 Å². The first-order valence-corrected chi connectivity index (χ1v) is 4.80. The second kappa shape index (κ2) is 3.06. The molecule has 3 rings (SSSR count). The number of imidazole rings is 1. The maximum Gasteiger partial charge on any atom is 0.118 e. The highest BCUT2D eigenvalue weighted by atomic mass is 16.5. The second-order valence-electron chi connectivity index (χ2n) is 3.55. The molecule has 4 nitrogen and oxygen atoms in total. The number of rotatable bonds is 1. The SMILES string of the molecule is c1cn2c(C3CCOC3)ncc2cn1. The van der Waals surface area contributed by atoms with Crippen molar-refractivity contribution in [3.63, 3.8) is 0 Å². The summed E-state index contributed by atoms with van der Waals surface area (Å²) in [7, 11) is 0. The van der Waals surface area contributed by atoms with E-state index < -0.39 is 0 Å². The number of fused-ring (bicyclic) bond motifs is 1. The van der Waals surface area contributed by atoms with Gasteiger partial charge in [0, 0.05) is 24.9 Å². The number of nitrogens with zero attached hydrogens (tertiary/aromatic N) is 3. The lowest BCUT2D eigenvalue weighted by Crippen LogP contribution is -2.03. The molecule has 4 heteroatoms. The molecule has 0 radical (unpaired) electrons. The van der Waals surface area contributed by atoms with E-state index in [1.165, 1.54) is 0 Å². The zero-order valence-corrected chi connectivity index (χ0v) is 7.76. The molecule has 1 atom stereocenters. The van der Waals surface area contributed by atoms with Crippen LogP contribution in [0.1, 0.15) is 18.2 Å². The third-order valence-electron chi connectivity index (χ3n) is 2.66. The molecule has 14 heavy (non-hydrogen) atoms. The normalized spacial score (nSPS) is 21.9. The van der Waals surface area contributed by atoms with Gasteiger partial charge in [0.25, 0.3) is 0 Å². The quantitative estimate of drug-likeness (QED) is 0.677. The average molecular weight is 189 g/mol. The summed E-state index contributed by atoms with van der Waals surface area (Å²) in [6.45, 7) is 1.64. The van der Waals surface area contributed by atoms with Gasteiger partial charge in [-0.1, -0.05) is 0 Å². The minimum absolute atomic E-state index is 0.444. The Labute approximate surface area is 81.6 Å². The Bertz CT molecular complexity index is 445. The van der Waals surface area contributed by atoms with E-state index in [1.54, 1.807) is 6.20 Å². The van der Waals surface area contributed by atoms with Crippen molar-refractivity contribution in [1.82, 2.24) is 14.4 Å². The van der Waals surface area contributed by atoms with Gasteiger partial charge >= 0.3 is 0 Å². The highest BCUT2D eigenvalue weighted by Gasteiger charge is 2.21. The third-order valence-corrected chi connectivity index (χ3v) is 2.66. The molecular formula is C10H11N3O. The maximum atomic E-state index is 5.36. The van der Waals surface area contributed by atoms with E-state index >= 15 is 0 Å². The van der Waals surface area contributed by atoms with Crippen molar-refractivity contribution in [2.45, 2.75) is 12.3 Å². The molecule has 1 fully saturated rings. The zero-order valence-electron chi connectivity index (χ0n) is 7.76. The van der Waals surface area contributed by atoms with E-state index in [-0.39, 0.29) is 0 Å². The predicted molar refractivity (Wildman–Crippen MR) is 51.2 cm³/mol. The molecule has 0 saturated carbocycles. The van der Waals surface area contributed by atoms with Crippen LogP contribution in [0.25, 0.3) is 5.52 Å². The van der Waals surface area contributed by atoms with Crippen LogP contribution in [0, 0.1) is 0 Å². The molecule has 1 unspecified atom stereocenters. The molecule has 0 N–H and O–H groups in total. The Kier molecular flexibility index (Phi) is 1.73. The molecule has 0 bridgehead atoms. The van der Waals surface area contributed by atoms with Crippen LogP contribution in [0.2, 0.25) is 0 Å². The molecule has 1 aliphatic rings. The van der Waals surface area contributed by atoms with Crippen LogP contribution in [0.4, 0.5) is 0 Å². The summed E-state index contributed by atoms with van der Waals surface area (Å²) in [5.41, 5.74) is 1.05. The van der Waals surface area contributed by atoms with Gasteiger partial charge in [-0.2, -0.15) is 0 Å². The summed E-state index contributed by atoms with van der Waals surface area (Å²) in [4.78, 5) is 8.48. The Morgan fingerprint density at radius 3 is 3.29 bits per heavy atom. The van der Waals surface area contributed by atoms with E-state index in [0.717, 1.165) is 31.0 Å². The summed E-state index contributed by atoms with van der Waals surface area (Å²) in [6.07, 6.45) is 8.50. The lowest BCUT2D eigenvalue weighted by Gasteiger charge is -2.05. The summed E-state index contributed by atoms with van der Waals surface area (Å²) < 4.78 is 7.45. The average Bonchev–Trinajstić information content (AvgIpc) is 2.85. The van der Waals surface area contributed by atoms with Crippen molar-refractivity contribution in [2.75, 3.05) is 13.2 Å². The molecule has 1 saturated heterocycles. The lowest BCUT2D eigenvalue weighted by atomic mass is 10.1. The van der Waals surface area contributed by atoms with Crippen LogP contribution in [0.15, 0.2) is 24.8 Å². The van der Waals surface area contributed by atoms with E-state index in [9.17, 15) is 0 Å². The van der Waals surface area contributed by atoms with Crippen LogP contribution in [0.5, 0.6) is 0 Å². The van der Waals surface area contributed by atoms with Crippen molar-refractivity contribution in [3.8, 4) is 0 Å². The van der Waals surface area contributed by atoms with Crippen molar-refractivity contribution in [2.24, 2.45) is 0 Å². The molecule has 2 aromatic heterocycles. The zero-order chi connectivity index (χ0) is 9.38. The van der Waals surface area contributed by atoms with Crippen molar-refractivity contribution in [1.29, 1.82) is 0 Å². The Balaban J connectivity index is 2.11. The molecule has 2 aromatic rings. The van der Waals surface area contributed by atoms with Crippen LogP contribution in [0.3, 0.4) is 0 Å². The largest absolute Gasteiger partial charge is 0.381 e. The number of hydrogen-bond acceptors (Lipinski definition) is 3. The summed E-state index contributed by atoms with van der Waals surface area (Å²) >= 11 is 0. The fourth-order valence-electron chi connectivity index (χ4n) is 1.91. The van der Waals surface area contributed by atoms with Crippen LogP contribution >= 0.6 is 0 Å². The van der Waals surface area contributed by atoms with Gasteiger partial charge in [0.05, 0.1) is 24.5 Å². The Morgan fingerprint density at radius 1 is 1.43 bits per heavy atom. The standard InChI is InChI=1S/C10H11N3O/c1-4-14-7-8(1)10-12-6-9-5-11-2-3-13(9)10/h2-3,5-6,8H,1,4,7H2. The van der Waals surface area contributed by atoms with Gasteiger partial charge < -0.3 is 9.14 Å². The third kappa shape index (κ3) is 1.11. The number of ether oxygens (including phenoxy) is 1. The van der Waals surface area contributed by atoms with E-state index in [2.05, 4.69) is 14.4 Å². The van der Waals surface area contributed by atoms with Gasteiger partial charge in [0.2, 0.25) is 0 Å². The fraction of sp³-hybridized carbons (Fsp3) is 0.400. The summed E-state index contributed by atoms with van der Waals surface area (Å²) in [6, 6.07) is 0. The van der Waals surface area contributed by atoms with Gasteiger partial charge in [-0.25, -0.2) is 4.98 Å². The molecular weight excluding hydrogens is 178 g/mol. The van der Waals surface area contributed by atoms with Gasteiger partial charge in [0.15, 0.2) is 0 Å². The highest BCUT2D eigenvalue weighted by Crippen LogP contribution is 2.24. The molecule has 0 aromatic carbocycles. The molecule has 0 amide bonds. The molecule has 0 aliphatic carbocycles. The van der Waals surface area contributed by atoms with Crippen molar-refractivity contribution in [3.05, 3.63) is 30.6 Å². The van der Waals surface area contributed by atoms with Gasteiger partial charge in [0.1, 0.15) is 5.82 Å². The van der Waals surface area contributed by atoms with Crippen LogP contribution in [-0.4, -0.2) is 27.6 Å². The smallest absolute Gasteiger partial charge is 0.118 e. The van der Waals surface area contributed by atoms with Crippen LogP contribution < -0.4 is 0 Å². The maximum absolute atomic E-state index is 5.36. The Morgan fingerprint density at radius 2 is 2.43 bits per heavy atom. The minimum Gasteiger partial charge on any atom is -0.381 e. The van der Waals surface area contributed by atoms with Crippen LogP contribution in [-0.2, 0) is 4.74 Å². The van der Waals surface area contributed by atoms with E-state index in [0.29, 0.717) is 5.92 Å². The molecule has 3 heterocycles. The van der Waals surface area contributed by atoms with Gasteiger partial charge in [-0.05, 0) is 6.42 Å². The van der Waals surface area contributed by atoms with E-state index in [1.807, 2.05) is 18.6 Å². The monoisotopic (exact) mass is 189 g/mol. The number of aromatic nitrogens is 3. The second-order valence-corrected chi connectivity index (χ2v) is 3.55. The first kappa shape index (κ1) is 7.94. The first-order chi connectivity index (χ1) is 6.95. The summed E-state index contributed by atoms with van der Waals surface area (Å²) in [5, 5.41) is 0. The first-order valence-electron chi connectivity index (χ1n) is 4.80. The topological polar surface area (TPSA) is 39.4 Å². The fourth-order valence-corrected chi connectivity index (χ4v) is 1.91. The Hall–Kier alpha value is -1.42. The van der Waals surface area contributed by atoms with Gasteiger partial charge in [-0.3, -0.25) is 4.98 Å².